The SMILES string of the molecule is COC[C@@]12COC[C@@H]1CN(C(=O)CCc1ccc(OC)cc1)C2. The molecular formula is C18H25NO4. The van der Waals surface area contributed by atoms with E-state index in [1.807, 2.05) is 29.2 Å². The zero-order valence-corrected chi connectivity index (χ0v) is 13.9. The summed E-state index contributed by atoms with van der Waals surface area (Å²) in [7, 11) is 3.38. The molecule has 0 bridgehead atoms. The Kier molecular flexibility index (Phi) is 4.87. The number of carbonyl (C=O) groups excluding carboxylic acids is 1. The van der Waals surface area contributed by atoms with Crippen LogP contribution < -0.4 is 4.74 Å². The zero-order chi connectivity index (χ0) is 16.3. The molecule has 0 spiro atoms. The lowest BCUT2D eigenvalue weighted by Crippen LogP contribution is -2.37. The summed E-state index contributed by atoms with van der Waals surface area (Å²) in [4.78, 5) is 14.5. The van der Waals surface area contributed by atoms with Crippen LogP contribution in [0.3, 0.4) is 0 Å². The minimum absolute atomic E-state index is 0.00449. The van der Waals surface area contributed by atoms with Crippen LogP contribution in [-0.4, -0.2) is 57.9 Å². The van der Waals surface area contributed by atoms with Gasteiger partial charge in [0.25, 0.3) is 0 Å². The van der Waals surface area contributed by atoms with Gasteiger partial charge in [-0.05, 0) is 24.1 Å². The Bertz CT molecular complexity index is 544. The molecule has 1 aromatic carbocycles. The minimum atomic E-state index is 0.00449. The van der Waals surface area contributed by atoms with Crippen LogP contribution in [0.4, 0.5) is 0 Å². The summed E-state index contributed by atoms with van der Waals surface area (Å²) in [6.45, 7) is 3.66. The Balaban J connectivity index is 1.54. The van der Waals surface area contributed by atoms with Crippen LogP contribution in [0.25, 0.3) is 0 Å². The Labute approximate surface area is 137 Å². The molecule has 2 heterocycles. The topological polar surface area (TPSA) is 48.0 Å². The molecule has 1 aromatic rings. The molecule has 5 heteroatoms. The monoisotopic (exact) mass is 319 g/mol. The maximum atomic E-state index is 12.5. The molecule has 2 atom stereocenters. The Hall–Kier alpha value is -1.59. The molecular weight excluding hydrogens is 294 g/mol. The number of likely N-dealkylation sites (tertiary alicyclic amines) is 1. The van der Waals surface area contributed by atoms with Crippen LogP contribution in [-0.2, 0) is 20.7 Å². The maximum absolute atomic E-state index is 12.5. The number of rotatable bonds is 6. The first-order valence-electron chi connectivity index (χ1n) is 8.14. The van der Waals surface area contributed by atoms with Gasteiger partial charge in [-0.2, -0.15) is 0 Å². The summed E-state index contributed by atoms with van der Waals surface area (Å²) in [6.07, 6.45) is 1.31. The van der Waals surface area contributed by atoms with E-state index in [2.05, 4.69) is 0 Å². The van der Waals surface area contributed by atoms with E-state index in [0.717, 1.165) is 37.4 Å². The number of fused-ring (bicyclic) bond motifs is 1. The molecule has 0 saturated carbocycles. The second kappa shape index (κ2) is 6.89. The van der Waals surface area contributed by atoms with Gasteiger partial charge in [-0.25, -0.2) is 0 Å². The molecule has 0 aliphatic carbocycles. The summed E-state index contributed by atoms with van der Waals surface area (Å²) >= 11 is 0. The van der Waals surface area contributed by atoms with Gasteiger partial charge in [-0.3, -0.25) is 4.79 Å². The van der Waals surface area contributed by atoms with Crippen LogP contribution in [0.15, 0.2) is 24.3 Å². The van der Waals surface area contributed by atoms with Gasteiger partial charge in [0.15, 0.2) is 0 Å². The number of nitrogens with zero attached hydrogens (tertiary/aromatic N) is 1. The fourth-order valence-corrected chi connectivity index (χ4v) is 3.72. The van der Waals surface area contributed by atoms with Gasteiger partial charge in [0.1, 0.15) is 5.75 Å². The first-order chi connectivity index (χ1) is 11.2. The predicted molar refractivity (Wildman–Crippen MR) is 86.5 cm³/mol. The van der Waals surface area contributed by atoms with E-state index in [-0.39, 0.29) is 11.3 Å². The quantitative estimate of drug-likeness (QED) is 0.801. The number of methoxy groups -OCH3 is 2. The lowest BCUT2D eigenvalue weighted by Gasteiger charge is -2.26. The van der Waals surface area contributed by atoms with Gasteiger partial charge in [0.2, 0.25) is 5.91 Å². The molecule has 23 heavy (non-hydrogen) atoms. The smallest absolute Gasteiger partial charge is 0.222 e. The summed E-state index contributed by atoms with van der Waals surface area (Å²) < 4.78 is 16.2. The van der Waals surface area contributed by atoms with Crippen LogP contribution in [0, 0.1) is 11.3 Å². The van der Waals surface area contributed by atoms with E-state index in [4.69, 9.17) is 14.2 Å². The van der Waals surface area contributed by atoms with Crippen molar-refractivity contribution in [3.8, 4) is 5.75 Å². The van der Waals surface area contributed by atoms with Crippen molar-refractivity contribution in [3.63, 3.8) is 0 Å². The molecule has 126 valence electrons. The van der Waals surface area contributed by atoms with Gasteiger partial charge in [-0.1, -0.05) is 12.1 Å². The van der Waals surface area contributed by atoms with E-state index in [9.17, 15) is 4.79 Å². The third-order valence-corrected chi connectivity index (χ3v) is 5.09. The van der Waals surface area contributed by atoms with E-state index < -0.39 is 0 Å². The molecule has 5 nitrogen and oxygen atoms in total. The summed E-state index contributed by atoms with van der Waals surface area (Å²) in [5, 5.41) is 0. The van der Waals surface area contributed by atoms with Crippen molar-refractivity contribution in [2.45, 2.75) is 12.8 Å². The van der Waals surface area contributed by atoms with Crippen LogP contribution in [0.1, 0.15) is 12.0 Å². The van der Waals surface area contributed by atoms with E-state index >= 15 is 0 Å². The van der Waals surface area contributed by atoms with Crippen molar-refractivity contribution < 1.29 is 19.0 Å². The molecule has 2 aliphatic rings. The highest BCUT2D eigenvalue weighted by Gasteiger charge is 2.51. The number of aryl methyl sites for hydroxylation is 1. The standard InChI is InChI=1S/C18H25NO4/c1-21-12-18-11-19(9-15(18)10-23-13-18)17(20)8-5-14-3-6-16(22-2)7-4-14/h3-4,6-7,15H,5,8-13H2,1-2H3/t15-,18-/m0/s1. The molecule has 0 unspecified atom stereocenters. The average molecular weight is 319 g/mol. The highest BCUT2D eigenvalue weighted by atomic mass is 16.5. The lowest BCUT2D eigenvalue weighted by molar-refractivity contribution is -0.131. The van der Waals surface area contributed by atoms with Crippen LogP contribution in [0.2, 0.25) is 0 Å². The number of carbonyl (C=O) groups is 1. The second-order valence-electron chi connectivity index (χ2n) is 6.63. The average Bonchev–Trinajstić information content (AvgIpc) is 3.10. The van der Waals surface area contributed by atoms with E-state index in [0.29, 0.717) is 25.6 Å². The Morgan fingerprint density at radius 1 is 1.35 bits per heavy atom. The van der Waals surface area contributed by atoms with Gasteiger partial charge in [-0.15, -0.1) is 0 Å². The highest BCUT2D eigenvalue weighted by molar-refractivity contribution is 5.77. The summed E-state index contributed by atoms with van der Waals surface area (Å²) in [5.74, 6) is 1.48. The number of hydrogen-bond donors (Lipinski definition) is 0. The third-order valence-electron chi connectivity index (χ3n) is 5.09. The molecule has 1 amide bonds. The lowest BCUT2D eigenvalue weighted by atomic mass is 9.82. The predicted octanol–water partition coefficient (Wildman–Crippen LogP) is 1.75. The van der Waals surface area contributed by atoms with Crippen molar-refractivity contribution in [2.24, 2.45) is 11.3 Å². The van der Waals surface area contributed by atoms with Crippen molar-refractivity contribution in [1.82, 2.24) is 4.90 Å². The van der Waals surface area contributed by atoms with Crippen molar-refractivity contribution >= 4 is 5.91 Å². The first-order valence-corrected chi connectivity index (χ1v) is 8.14. The van der Waals surface area contributed by atoms with Gasteiger partial charge < -0.3 is 19.1 Å². The maximum Gasteiger partial charge on any atom is 0.222 e. The molecule has 2 fully saturated rings. The third kappa shape index (κ3) is 3.35. The number of benzene rings is 1. The molecule has 0 N–H and O–H groups in total. The molecule has 0 radical (unpaired) electrons. The van der Waals surface area contributed by atoms with Gasteiger partial charge >= 0.3 is 0 Å². The fourth-order valence-electron chi connectivity index (χ4n) is 3.72. The number of amides is 1. The molecule has 0 aromatic heterocycles. The Morgan fingerprint density at radius 2 is 2.13 bits per heavy atom. The first kappa shape index (κ1) is 16.3. The number of hydrogen-bond acceptors (Lipinski definition) is 4. The summed E-state index contributed by atoms with van der Waals surface area (Å²) in [6, 6.07) is 7.91. The highest BCUT2D eigenvalue weighted by Crippen LogP contribution is 2.41. The minimum Gasteiger partial charge on any atom is -0.497 e. The van der Waals surface area contributed by atoms with Crippen LogP contribution in [0.5, 0.6) is 5.75 Å². The molecule has 3 rings (SSSR count). The van der Waals surface area contributed by atoms with Crippen molar-refractivity contribution in [3.05, 3.63) is 29.8 Å². The Morgan fingerprint density at radius 3 is 2.83 bits per heavy atom. The normalized spacial score (nSPS) is 26.3. The fraction of sp³-hybridized carbons (Fsp3) is 0.611. The second-order valence-corrected chi connectivity index (χ2v) is 6.63. The van der Waals surface area contributed by atoms with Gasteiger partial charge in [0.05, 0.1) is 26.9 Å². The molecule has 2 aliphatic heterocycles. The van der Waals surface area contributed by atoms with Crippen molar-refractivity contribution in [1.29, 1.82) is 0 Å². The van der Waals surface area contributed by atoms with Crippen LogP contribution >= 0.6 is 0 Å². The summed E-state index contributed by atoms with van der Waals surface area (Å²) in [5.41, 5.74) is 1.17. The largest absolute Gasteiger partial charge is 0.497 e. The molecule has 2 saturated heterocycles. The zero-order valence-electron chi connectivity index (χ0n) is 13.9. The van der Waals surface area contributed by atoms with E-state index in [1.165, 1.54) is 0 Å². The van der Waals surface area contributed by atoms with E-state index in [1.54, 1.807) is 14.2 Å². The number of ether oxygens (including phenoxy) is 3. The van der Waals surface area contributed by atoms with Gasteiger partial charge in [0, 0.05) is 38.0 Å². The van der Waals surface area contributed by atoms with Crippen molar-refractivity contribution in [2.75, 3.05) is 47.1 Å².